The lowest BCUT2D eigenvalue weighted by Gasteiger charge is -2.38. The topological polar surface area (TPSA) is 49.3 Å². The van der Waals surface area contributed by atoms with Gasteiger partial charge in [-0.05, 0) is 80.7 Å². The fraction of sp³-hybridized carbons (Fsp3) is 0.483. The second kappa shape index (κ2) is 9.01. The molecule has 2 aromatic carbocycles. The van der Waals surface area contributed by atoms with Crippen molar-refractivity contribution < 1.29 is 4.79 Å². The molecule has 176 valence electrons. The monoisotopic (exact) mass is 454 g/mol. The van der Waals surface area contributed by atoms with Crippen molar-refractivity contribution >= 4 is 22.8 Å². The molecule has 1 amide bonds. The maximum absolute atomic E-state index is 13.4. The van der Waals surface area contributed by atoms with Gasteiger partial charge in [0.1, 0.15) is 0 Å². The number of carbonyl (C=O) groups is 1. The van der Waals surface area contributed by atoms with Crippen molar-refractivity contribution in [2.24, 2.45) is 5.92 Å². The Morgan fingerprint density at radius 1 is 0.912 bits per heavy atom. The Morgan fingerprint density at radius 2 is 1.68 bits per heavy atom. The summed E-state index contributed by atoms with van der Waals surface area (Å²) in [6, 6.07) is 15.3. The zero-order valence-corrected chi connectivity index (χ0v) is 20.2. The van der Waals surface area contributed by atoms with E-state index in [-0.39, 0.29) is 5.92 Å². The molecule has 3 heterocycles. The second-order valence-electron chi connectivity index (χ2n) is 10.4. The molecule has 2 aliphatic heterocycles. The molecule has 1 aliphatic carbocycles. The quantitative estimate of drug-likeness (QED) is 0.556. The number of benzene rings is 2. The van der Waals surface area contributed by atoms with E-state index >= 15 is 0 Å². The molecule has 2 saturated heterocycles. The van der Waals surface area contributed by atoms with Crippen LogP contribution in [-0.2, 0) is 17.6 Å². The van der Waals surface area contributed by atoms with E-state index in [2.05, 4.69) is 59.2 Å². The fourth-order valence-corrected chi connectivity index (χ4v) is 6.24. The highest BCUT2D eigenvalue weighted by molar-refractivity contribution is 5.84. The van der Waals surface area contributed by atoms with Crippen LogP contribution >= 0.6 is 0 Å². The van der Waals surface area contributed by atoms with E-state index in [4.69, 9.17) is 9.97 Å². The van der Waals surface area contributed by atoms with E-state index in [1.165, 1.54) is 47.8 Å². The largest absolute Gasteiger partial charge is 0.342 e. The number of hydrogen-bond donors (Lipinski definition) is 0. The number of aryl methyl sites for hydroxylation is 3. The number of piperidine rings is 2. The van der Waals surface area contributed by atoms with Crippen LogP contribution in [-0.4, -0.2) is 47.0 Å². The molecule has 0 radical (unpaired) electrons. The van der Waals surface area contributed by atoms with Crippen molar-refractivity contribution in [1.29, 1.82) is 0 Å². The van der Waals surface area contributed by atoms with E-state index in [0.29, 0.717) is 11.8 Å². The van der Waals surface area contributed by atoms with E-state index in [1.807, 2.05) is 0 Å². The van der Waals surface area contributed by atoms with Crippen molar-refractivity contribution in [1.82, 2.24) is 14.9 Å². The van der Waals surface area contributed by atoms with Crippen LogP contribution < -0.4 is 4.90 Å². The number of likely N-dealkylation sites (tertiary alicyclic amines) is 1. The average Bonchev–Trinajstić information content (AvgIpc) is 3.35. The molecule has 0 saturated carbocycles. The second-order valence-corrected chi connectivity index (χ2v) is 10.4. The van der Waals surface area contributed by atoms with Crippen LogP contribution in [0.1, 0.15) is 60.4 Å². The molecule has 5 heteroatoms. The number of nitrogens with zero attached hydrogens (tertiary/aromatic N) is 4. The summed E-state index contributed by atoms with van der Waals surface area (Å²) in [5, 5.41) is 1.19. The van der Waals surface area contributed by atoms with Gasteiger partial charge < -0.3 is 9.80 Å². The SMILES string of the molecule is Cc1nc(N2CCC(C(=O)N3CCCC(c4ccccc4)C3)CC2)nc2cc3c(cc12)CCC3. The molecule has 34 heavy (non-hydrogen) atoms. The molecule has 1 atom stereocenters. The Bertz CT molecular complexity index is 1200. The number of anilines is 1. The van der Waals surface area contributed by atoms with Crippen LogP contribution in [0.4, 0.5) is 5.95 Å². The van der Waals surface area contributed by atoms with Crippen LogP contribution in [0, 0.1) is 12.8 Å². The van der Waals surface area contributed by atoms with Gasteiger partial charge in [0.15, 0.2) is 0 Å². The molecule has 6 rings (SSSR count). The zero-order valence-electron chi connectivity index (χ0n) is 20.2. The summed E-state index contributed by atoms with van der Waals surface area (Å²) in [5.74, 6) is 1.77. The first kappa shape index (κ1) is 21.6. The van der Waals surface area contributed by atoms with Gasteiger partial charge in [-0.2, -0.15) is 0 Å². The summed E-state index contributed by atoms with van der Waals surface area (Å²) >= 11 is 0. The van der Waals surface area contributed by atoms with E-state index in [1.54, 1.807) is 0 Å². The third-order valence-electron chi connectivity index (χ3n) is 8.22. The van der Waals surface area contributed by atoms with Crippen molar-refractivity contribution in [2.75, 3.05) is 31.1 Å². The summed E-state index contributed by atoms with van der Waals surface area (Å²) in [4.78, 5) is 27.6. The Labute approximate surface area is 202 Å². The van der Waals surface area contributed by atoms with Gasteiger partial charge in [0, 0.05) is 43.4 Å². The van der Waals surface area contributed by atoms with Gasteiger partial charge in [-0.15, -0.1) is 0 Å². The summed E-state index contributed by atoms with van der Waals surface area (Å²) < 4.78 is 0. The summed E-state index contributed by atoms with van der Waals surface area (Å²) in [5.41, 5.74) is 6.42. The molecule has 0 bridgehead atoms. The third kappa shape index (κ3) is 4.06. The zero-order chi connectivity index (χ0) is 23.1. The number of rotatable bonds is 3. The molecule has 0 spiro atoms. The maximum atomic E-state index is 13.4. The Kier molecular flexibility index (Phi) is 5.72. The van der Waals surface area contributed by atoms with Gasteiger partial charge in [0.25, 0.3) is 0 Å². The first-order valence-electron chi connectivity index (χ1n) is 13.0. The maximum Gasteiger partial charge on any atom is 0.226 e. The highest BCUT2D eigenvalue weighted by Crippen LogP contribution is 2.32. The molecule has 2 fully saturated rings. The van der Waals surface area contributed by atoms with Gasteiger partial charge in [0.2, 0.25) is 11.9 Å². The highest BCUT2D eigenvalue weighted by atomic mass is 16.2. The lowest BCUT2D eigenvalue weighted by Crippen LogP contribution is -2.46. The van der Waals surface area contributed by atoms with Crippen LogP contribution in [0.3, 0.4) is 0 Å². The standard InChI is InChI=1S/C29H34N4O/c1-20-26-17-23-9-5-10-24(23)18-27(26)31-29(30-20)32-15-12-22(13-16-32)28(34)33-14-6-11-25(19-33)21-7-3-2-4-8-21/h2-4,7-8,17-18,22,25H,5-6,9-16,19H2,1H3. The van der Waals surface area contributed by atoms with Crippen molar-refractivity contribution in [3.63, 3.8) is 0 Å². The van der Waals surface area contributed by atoms with Crippen LogP contribution in [0.5, 0.6) is 0 Å². The minimum Gasteiger partial charge on any atom is -0.342 e. The summed E-state index contributed by atoms with van der Waals surface area (Å²) in [7, 11) is 0. The van der Waals surface area contributed by atoms with Crippen LogP contribution in [0.25, 0.3) is 10.9 Å². The number of hydrogen-bond acceptors (Lipinski definition) is 4. The van der Waals surface area contributed by atoms with Crippen molar-refractivity contribution in [3.8, 4) is 0 Å². The predicted octanol–water partition coefficient (Wildman–Crippen LogP) is 5.05. The summed E-state index contributed by atoms with van der Waals surface area (Å²) in [6.45, 7) is 5.56. The summed E-state index contributed by atoms with van der Waals surface area (Å²) in [6.07, 6.45) is 7.63. The van der Waals surface area contributed by atoms with Gasteiger partial charge in [0.05, 0.1) is 11.2 Å². The molecule has 1 unspecified atom stereocenters. The highest BCUT2D eigenvalue weighted by Gasteiger charge is 2.32. The normalized spacial score (nSPS) is 21.1. The van der Waals surface area contributed by atoms with E-state index in [0.717, 1.165) is 62.6 Å². The third-order valence-corrected chi connectivity index (χ3v) is 8.22. The lowest BCUT2D eigenvalue weighted by atomic mass is 9.88. The van der Waals surface area contributed by atoms with Crippen LogP contribution in [0.15, 0.2) is 42.5 Å². The first-order chi connectivity index (χ1) is 16.7. The smallest absolute Gasteiger partial charge is 0.226 e. The Balaban J connectivity index is 1.12. The number of amides is 1. The Morgan fingerprint density at radius 3 is 2.47 bits per heavy atom. The molecule has 1 aromatic heterocycles. The van der Waals surface area contributed by atoms with Gasteiger partial charge in [-0.25, -0.2) is 9.97 Å². The van der Waals surface area contributed by atoms with E-state index in [9.17, 15) is 4.79 Å². The van der Waals surface area contributed by atoms with Gasteiger partial charge in [-0.1, -0.05) is 30.3 Å². The molecule has 5 nitrogen and oxygen atoms in total. The van der Waals surface area contributed by atoms with E-state index < -0.39 is 0 Å². The first-order valence-corrected chi connectivity index (χ1v) is 13.0. The fourth-order valence-electron chi connectivity index (χ4n) is 6.24. The predicted molar refractivity (Wildman–Crippen MR) is 136 cm³/mol. The molecule has 0 N–H and O–H groups in total. The lowest BCUT2D eigenvalue weighted by molar-refractivity contribution is -0.137. The number of aromatic nitrogens is 2. The Hall–Kier alpha value is -2.95. The van der Waals surface area contributed by atoms with Crippen molar-refractivity contribution in [2.45, 2.75) is 57.8 Å². The number of fused-ring (bicyclic) bond motifs is 2. The minimum absolute atomic E-state index is 0.121. The average molecular weight is 455 g/mol. The van der Waals surface area contributed by atoms with Gasteiger partial charge in [-0.3, -0.25) is 4.79 Å². The molecule has 3 aromatic rings. The molecular weight excluding hydrogens is 420 g/mol. The number of carbonyl (C=O) groups excluding carboxylic acids is 1. The van der Waals surface area contributed by atoms with Gasteiger partial charge >= 0.3 is 0 Å². The molecule has 3 aliphatic rings. The molecular formula is C29H34N4O. The minimum atomic E-state index is 0.121. The van der Waals surface area contributed by atoms with Crippen LogP contribution in [0.2, 0.25) is 0 Å². The van der Waals surface area contributed by atoms with Crippen molar-refractivity contribution in [3.05, 3.63) is 64.8 Å².